The van der Waals surface area contributed by atoms with Gasteiger partial charge in [0.25, 0.3) is 0 Å². The van der Waals surface area contributed by atoms with Gasteiger partial charge in [-0.05, 0) is 24.3 Å². The summed E-state index contributed by atoms with van der Waals surface area (Å²) in [4.78, 5) is 16.7. The molecule has 0 atom stereocenters. The van der Waals surface area contributed by atoms with Gasteiger partial charge in [0.2, 0.25) is 11.8 Å². The number of pyridine rings is 2. The lowest BCUT2D eigenvalue weighted by molar-refractivity contribution is 0.399. The first kappa shape index (κ1) is 14.6. The molecule has 0 spiro atoms. The van der Waals surface area contributed by atoms with Crippen LogP contribution in [-0.4, -0.2) is 27.0 Å². The summed E-state index contributed by atoms with van der Waals surface area (Å²) >= 11 is 2.03. The molecule has 0 unspecified atom stereocenters. The Kier molecular flexibility index (Phi) is 4.42. The zero-order chi connectivity index (χ0) is 15.4. The summed E-state index contributed by atoms with van der Waals surface area (Å²) in [7, 11) is 1.58. The molecule has 0 aromatic carbocycles. The van der Waals surface area contributed by atoms with Crippen LogP contribution in [0, 0.1) is 3.83 Å². The minimum Gasteiger partial charge on any atom is -0.481 e. The molecule has 0 amide bonds. The van der Waals surface area contributed by atoms with Gasteiger partial charge in [0, 0.05) is 46.1 Å². The number of nitrogens with zero attached hydrogens (tertiary/aromatic N) is 4. The monoisotopic (exact) mass is 406 g/mol. The molecule has 0 aliphatic heterocycles. The lowest BCUT2D eigenvalue weighted by atomic mass is 10.1. The fourth-order valence-corrected chi connectivity index (χ4v) is 2.18. The number of rotatable bonds is 4. The number of methoxy groups -OCH3 is 1. The normalized spacial score (nSPS) is 10.3. The van der Waals surface area contributed by atoms with Crippen LogP contribution in [0.3, 0.4) is 0 Å². The van der Waals surface area contributed by atoms with Gasteiger partial charge in [-0.25, -0.2) is 19.9 Å². The molecule has 0 N–H and O–H groups in total. The Balaban J connectivity index is 2.01. The second-order valence-corrected chi connectivity index (χ2v) is 5.17. The highest BCUT2D eigenvalue weighted by atomic mass is 127. The molecule has 6 nitrogen and oxygen atoms in total. The molecule has 0 radical (unpaired) electrons. The number of hydrogen-bond acceptors (Lipinski definition) is 6. The van der Waals surface area contributed by atoms with Crippen LogP contribution < -0.4 is 9.47 Å². The van der Waals surface area contributed by atoms with E-state index < -0.39 is 0 Å². The van der Waals surface area contributed by atoms with Gasteiger partial charge in [-0.1, -0.05) is 0 Å². The predicted octanol–water partition coefficient (Wildman–Crippen LogP) is 3.34. The molecule has 0 fully saturated rings. The number of halogens is 1. The van der Waals surface area contributed by atoms with E-state index in [1.165, 1.54) is 0 Å². The average Bonchev–Trinajstić information content (AvgIpc) is 2.57. The van der Waals surface area contributed by atoms with E-state index in [2.05, 4.69) is 19.9 Å². The molecule has 0 saturated heterocycles. The third-order valence-corrected chi connectivity index (χ3v) is 3.39. The first-order chi connectivity index (χ1) is 10.8. The first-order valence-electron chi connectivity index (χ1n) is 6.37. The van der Waals surface area contributed by atoms with Gasteiger partial charge in [0.05, 0.1) is 19.5 Å². The van der Waals surface area contributed by atoms with Crippen LogP contribution in [0.15, 0.2) is 49.1 Å². The number of aromatic nitrogens is 4. The molecule has 3 heterocycles. The average molecular weight is 406 g/mol. The fourth-order valence-electron chi connectivity index (χ4n) is 1.90. The van der Waals surface area contributed by atoms with E-state index in [9.17, 15) is 0 Å². The summed E-state index contributed by atoms with van der Waals surface area (Å²) in [6, 6.07) is 7.47. The third-order valence-electron chi connectivity index (χ3n) is 2.84. The molecule has 3 rings (SSSR count). The molecule has 22 heavy (non-hydrogen) atoms. The van der Waals surface area contributed by atoms with Crippen molar-refractivity contribution < 1.29 is 9.47 Å². The fraction of sp³-hybridized carbons (Fsp3) is 0.0667. The van der Waals surface area contributed by atoms with Crippen LogP contribution in [0.1, 0.15) is 0 Å². The second kappa shape index (κ2) is 6.65. The topological polar surface area (TPSA) is 70.0 Å². The molecule has 3 aromatic rings. The van der Waals surface area contributed by atoms with Crippen molar-refractivity contribution in [1.29, 1.82) is 0 Å². The van der Waals surface area contributed by atoms with Crippen LogP contribution in [0.4, 0.5) is 0 Å². The summed E-state index contributed by atoms with van der Waals surface area (Å²) in [6.07, 6.45) is 6.54. The van der Waals surface area contributed by atoms with E-state index >= 15 is 0 Å². The molecule has 0 saturated carbocycles. The Hall–Kier alpha value is -2.29. The molecule has 0 aliphatic rings. The zero-order valence-corrected chi connectivity index (χ0v) is 13.8. The van der Waals surface area contributed by atoms with E-state index in [-0.39, 0.29) is 0 Å². The molecule has 0 bridgehead atoms. The standard InChI is InChI=1S/C15H11IN4O2/c1-21-13-11(4-2-6-17-13)12-5-3-7-18-14(12)22-10-8-19-15(16)20-9-10/h2-9H,1H3. The summed E-state index contributed by atoms with van der Waals surface area (Å²) in [6.45, 7) is 0. The van der Waals surface area contributed by atoms with E-state index in [0.717, 1.165) is 11.1 Å². The van der Waals surface area contributed by atoms with Gasteiger partial charge in [0.1, 0.15) is 0 Å². The number of ether oxygens (including phenoxy) is 2. The van der Waals surface area contributed by atoms with Crippen LogP contribution >= 0.6 is 22.6 Å². The predicted molar refractivity (Wildman–Crippen MR) is 88.8 cm³/mol. The van der Waals surface area contributed by atoms with E-state index in [4.69, 9.17) is 9.47 Å². The highest BCUT2D eigenvalue weighted by Gasteiger charge is 2.13. The Morgan fingerprint density at radius 1 is 0.864 bits per heavy atom. The van der Waals surface area contributed by atoms with Gasteiger partial charge in [-0.2, -0.15) is 0 Å². The second-order valence-electron chi connectivity index (χ2n) is 4.21. The van der Waals surface area contributed by atoms with Crippen LogP contribution in [0.5, 0.6) is 17.5 Å². The Labute approximate surface area is 140 Å². The van der Waals surface area contributed by atoms with Crippen molar-refractivity contribution in [2.24, 2.45) is 0 Å². The summed E-state index contributed by atoms with van der Waals surface area (Å²) in [5.74, 6) is 1.47. The van der Waals surface area contributed by atoms with Gasteiger partial charge in [0.15, 0.2) is 9.58 Å². The Morgan fingerprint density at radius 2 is 1.45 bits per heavy atom. The highest BCUT2D eigenvalue weighted by Crippen LogP contribution is 2.35. The van der Waals surface area contributed by atoms with Crippen LogP contribution in [0.25, 0.3) is 11.1 Å². The highest BCUT2D eigenvalue weighted by molar-refractivity contribution is 14.1. The maximum Gasteiger partial charge on any atom is 0.227 e. The van der Waals surface area contributed by atoms with E-state index in [0.29, 0.717) is 21.3 Å². The van der Waals surface area contributed by atoms with Gasteiger partial charge in [-0.3, -0.25) is 0 Å². The molecule has 0 aliphatic carbocycles. The largest absolute Gasteiger partial charge is 0.481 e. The Morgan fingerprint density at radius 3 is 2.09 bits per heavy atom. The lowest BCUT2D eigenvalue weighted by Gasteiger charge is -2.11. The van der Waals surface area contributed by atoms with Crippen LogP contribution in [0.2, 0.25) is 0 Å². The third kappa shape index (κ3) is 3.14. The van der Waals surface area contributed by atoms with Crippen molar-refractivity contribution in [1.82, 2.24) is 19.9 Å². The van der Waals surface area contributed by atoms with E-state index in [1.807, 2.05) is 46.9 Å². The van der Waals surface area contributed by atoms with Crippen LogP contribution in [-0.2, 0) is 0 Å². The quantitative estimate of drug-likeness (QED) is 0.489. The minimum absolute atomic E-state index is 0.443. The number of hydrogen-bond donors (Lipinski definition) is 0. The van der Waals surface area contributed by atoms with Gasteiger partial charge >= 0.3 is 0 Å². The molecule has 110 valence electrons. The first-order valence-corrected chi connectivity index (χ1v) is 7.45. The van der Waals surface area contributed by atoms with Crippen molar-refractivity contribution in [2.75, 3.05) is 7.11 Å². The molecular formula is C15H11IN4O2. The van der Waals surface area contributed by atoms with Crippen molar-refractivity contribution in [3.05, 3.63) is 52.9 Å². The van der Waals surface area contributed by atoms with Crippen molar-refractivity contribution in [2.45, 2.75) is 0 Å². The summed E-state index contributed by atoms with van der Waals surface area (Å²) in [5.41, 5.74) is 1.59. The van der Waals surface area contributed by atoms with Gasteiger partial charge < -0.3 is 9.47 Å². The van der Waals surface area contributed by atoms with Crippen molar-refractivity contribution >= 4 is 22.6 Å². The molecule has 3 aromatic heterocycles. The van der Waals surface area contributed by atoms with E-state index in [1.54, 1.807) is 31.9 Å². The van der Waals surface area contributed by atoms with Gasteiger partial charge in [-0.15, -0.1) is 0 Å². The molecule has 7 heteroatoms. The smallest absolute Gasteiger partial charge is 0.227 e. The van der Waals surface area contributed by atoms with Crippen molar-refractivity contribution in [3.63, 3.8) is 0 Å². The van der Waals surface area contributed by atoms with Crippen molar-refractivity contribution in [3.8, 4) is 28.6 Å². The lowest BCUT2D eigenvalue weighted by Crippen LogP contribution is -1.96. The Bertz CT molecular complexity index is 781. The molecular weight excluding hydrogens is 395 g/mol. The maximum atomic E-state index is 5.80. The summed E-state index contributed by atoms with van der Waals surface area (Å²) in [5, 5.41) is 0. The SMILES string of the molecule is COc1ncccc1-c1cccnc1Oc1cnc(I)nc1. The maximum absolute atomic E-state index is 5.80. The zero-order valence-electron chi connectivity index (χ0n) is 11.6. The summed E-state index contributed by atoms with van der Waals surface area (Å²) < 4.78 is 11.7. The minimum atomic E-state index is 0.443.